The van der Waals surface area contributed by atoms with Crippen molar-refractivity contribution >= 4 is 33.6 Å². The van der Waals surface area contributed by atoms with Gasteiger partial charge in [0.2, 0.25) is 0 Å². The number of rotatable bonds is 6. The third-order valence-corrected chi connectivity index (χ3v) is 7.24. The lowest BCUT2D eigenvalue weighted by atomic mass is 9.94. The second-order valence-corrected chi connectivity index (χ2v) is 9.55. The van der Waals surface area contributed by atoms with E-state index in [2.05, 4.69) is 26.5 Å². The van der Waals surface area contributed by atoms with Crippen LogP contribution in [0.5, 0.6) is 5.75 Å². The van der Waals surface area contributed by atoms with Crippen LogP contribution in [0.15, 0.2) is 48.8 Å². The highest BCUT2D eigenvalue weighted by molar-refractivity contribution is 5.86. The Kier molecular flexibility index (Phi) is 6.15. The van der Waals surface area contributed by atoms with Gasteiger partial charge in [0, 0.05) is 24.1 Å². The van der Waals surface area contributed by atoms with Crippen molar-refractivity contribution in [2.75, 3.05) is 24.7 Å². The van der Waals surface area contributed by atoms with E-state index in [9.17, 15) is 10.2 Å². The third kappa shape index (κ3) is 4.26. The van der Waals surface area contributed by atoms with Gasteiger partial charge in [0.05, 0.1) is 11.2 Å². The Labute approximate surface area is 213 Å². The molecule has 2 aliphatic rings. The van der Waals surface area contributed by atoms with Gasteiger partial charge in [0.1, 0.15) is 54.4 Å². The summed E-state index contributed by atoms with van der Waals surface area (Å²) in [5.74, 6) is 1.72. The van der Waals surface area contributed by atoms with E-state index in [1.165, 1.54) is 11.9 Å². The number of nitrogens with zero attached hydrogens (tertiary/aromatic N) is 4. The van der Waals surface area contributed by atoms with Gasteiger partial charge in [0.25, 0.3) is 0 Å². The van der Waals surface area contributed by atoms with Gasteiger partial charge in [0.15, 0.2) is 5.82 Å². The molecule has 1 aliphatic carbocycles. The molecule has 10 nitrogen and oxygen atoms in total. The first-order valence-corrected chi connectivity index (χ1v) is 12.6. The molecule has 3 aromatic heterocycles. The highest BCUT2D eigenvalue weighted by Gasteiger charge is 2.45. The number of nitrogens with one attached hydrogen (secondary N) is 1. The molecule has 0 bridgehead atoms. The predicted molar refractivity (Wildman–Crippen MR) is 140 cm³/mol. The largest absolute Gasteiger partial charge is 0.491 e. The Hall–Kier alpha value is -3.73. The minimum absolute atomic E-state index is 0.0599. The second-order valence-electron chi connectivity index (χ2n) is 9.55. The zero-order chi connectivity index (χ0) is 25.5. The van der Waals surface area contributed by atoms with Crippen LogP contribution in [0.4, 0.5) is 11.6 Å². The summed E-state index contributed by atoms with van der Waals surface area (Å²) in [5, 5.41) is 30.2. The van der Waals surface area contributed by atoms with Gasteiger partial charge >= 0.3 is 0 Å². The summed E-state index contributed by atoms with van der Waals surface area (Å²) in [6.45, 7) is 0.0599. The lowest BCUT2D eigenvalue weighted by Crippen LogP contribution is -2.34. The number of nitrogen functional groups attached to an aromatic ring is 1. The molecule has 0 radical (unpaired) electrons. The summed E-state index contributed by atoms with van der Waals surface area (Å²) in [6, 6.07) is 11.5. The molecular formula is C27H30N6O4. The average molecular weight is 503 g/mol. The lowest BCUT2D eigenvalue weighted by Gasteiger charge is -2.16. The van der Waals surface area contributed by atoms with Crippen molar-refractivity contribution in [3.8, 4) is 5.75 Å². The van der Waals surface area contributed by atoms with E-state index in [4.69, 9.17) is 15.2 Å². The second kappa shape index (κ2) is 9.62. The molecule has 4 heterocycles. The van der Waals surface area contributed by atoms with Crippen LogP contribution in [0.3, 0.4) is 0 Å². The molecular weight excluding hydrogens is 472 g/mol. The molecule has 1 aliphatic heterocycles. The Balaban J connectivity index is 1.25. The van der Waals surface area contributed by atoms with Crippen LogP contribution in [0, 0.1) is 0 Å². The quantitative estimate of drug-likeness (QED) is 0.313. The summed E-state index contributed by atoms with van der Waals surface area (Å²) in [4.78, 5) is 8.73. The molecule has 37 heavy (non-hydrogen) atoms. The van der Waals surface area contributed by atoms with E-state index in [-0.39, 0.29) is 6.61 Å². The van der Waals surface area contributed by atoms with Crippen LogP contribution >= 0.6 is 0 Å². The zero-order valence-corrected chi connectivity index (χ0v) is 20.5. The van der Waals surface area contributed by atoms with E-state index in [1.807, 2.05) is 43.4 Å². The SMILES string of the molecule is CNc1ccc2ccc(OC[C@H]3O[C@@H](c4cc(C5=CCCCC5)c5c(N)ncnn45)[C@H](O)[C@@H]3O)cc2n1. The molecule has 6 rings (SSSR count). The molecule has 0 saturated carbocycles. The maximum atomic E-state index is 11.0. The Morgan fingerprint density at radius 1 is 1.16 bits per heavy atom. The first-order valence-electron chi connectivity index (χ1n) is 12.6. The molecule has 1 fully saturated rings. The Morgan fingerprint density at radius 3 is 2.84 bits per heavy atom. The monoisotopic (exact) mass is 502 g/mol. The summed E-state index contributed by atoms with van der Waals surface area (Å²) >= 11 is 0. The molecule has 0 amide bonds. The topological polar surface area (TPSA) is 140 Å². The molecule has 0 spiro atoms. The van der Waals surface area contributed by atoms with Gasteiger partial charge < -0.3 is 30.7 Å². The van der Waals surface area contributed by atoms with E-state index in [1.54, 1.807) is 4.52 Å². The summed E-state index contributed by atoms with van der Waals surface area (Å²) in [5.41, 5.74) is 10.5. The van der Waals surface area contributed by atoms with Gasteiger partial charge in [-0.05, 0) is 61.6 Å². The summed E-state index contributed by atoms with van der Waals surface area (Å²) < 4.78 is 13.8. The standard InChI is InChI=1S/C27H30N6O4/c1-29-22-10-8-16-7-9-17(11-19(16)32-22)36-13-21-24(34)25(35)26(37-21)20-12-18(15-5-3-2-4-6-15)23-27(28)30-14-31-33(20)23/h5,7-12,14,21,24-26,34-35H,2-4,6,13H2,1H3,(H,29,32)(H2,28,30,31)/t21-,24-,25-,26+/m1/s1. The zero-order valence-electron chi connectivity index (χ0n) is 20.5. The molecule has 10 heteroatoms. The smallest absolute Gasteiger partial charge is 0.151 e. The molecule has 0 unspecified atom stereocenters. The van der Waals surface area contributed by atoms with E-state index < -0.39 is 24.4 Å². The fourth-order valence-electron chi connectivity index (χ4n) is 5.26. The van der Waals surface area contributed by atoms with Crippen LogP contribution in [-0.4, -0.2) is 61.8 Å². The number of pyridine rings is 1. The maximum absolute atomic E-state index is 11.0. The first kappa shape index (κ1) is 23.7. The number of aliphatic hydroxyl groups excluding tert-OH is 2. The van der Waals surface area contributed by atoms with Crippen LogP contribution < -0.4 is 15.8 Å². The van der Waals surface area contributed by atoms with Crippen molar-refractivity contribution in [1.29, 1.82) is 0 Å². The lowest BCUT2D eigenvalue weighted by molar-refractivity contribution is -0.0187. The van der Waals surface area contributed by atoms with Crippen LogP contribution in [0.25, 0.3) is 22.0 Å². The Bertz CT molecular complexity index is 1480. The van der Waals surface area contributed by atoms with Crippen molar-refractivity contribution in [3.63, 3.8) is 0 Å². The van der Waals surface area contributed by atoms with Crippen molar-refractivity contribution in [3.05, 3.63) is 60.1 Å². The van der Waals surface area contributed by atoms with Crippen LogP contribution in [0.2, 0.25) is 0 Å². The van der Waals surface area contributed by atoms with E-state index in [0.29, 0.717) is 22.8 Å². The van der Waals surface area contributed by atoms with Crippen molar-refractivity contribution in [2.24, 2.45) is 0 Å². The minimum Gasteiger partial charge on any atom is -0.491 e. The maximum Gasteiger partial charge on any atom is 0.151 e. The molecule has 1 saturated heterocycles. The average Bonchev–Trinajstić information content (AvgIpc) is 3.45. The molecule has 5 N–H and O–H groups in total. The van der Waals surface area contributed by atoms with Gasteiger partial charge in [-0.3, -0.25) is 0 Å². The van der Waals surface area contributed by atoms with E-state index in [0.717, 1.165) is 48.0 Å². The van der Waals surface area contributed by atoms with Gasteiger partial charge in [-0.15, -0.1) is 0 Å². The van der Waals surface area contributed by atoms with Gasteiger partial charge in [-0.1, -0.05) is 6.08 Å². The number of allylic oxidation sites excluding steroid dienone is 2. The number of benzene rings is 1. The van der Waals surface area contributed by atoms with Crippen LogP contribution in [-0.2, 0) is 4.74 Å². The normalized spacial score (nSPS) is 23.9. The number of ether oxygens (including phenoxy) is 2. The molecule has 4 atom stereocenters. The van der Waals surface area contributed by atoms with Crippen LogP contribution in [0.1, 0.15) is 43.0 Å². The number of nitrogens with two attached hydrogens (primary N) is 1. The molecule has 4 aromatic rings. The van der Waals surface area contributed by atoms with E-state index >= 15 is 0 Å². The fourth-order valence-corrected chi connectivity index (χ4v) is 5.26. The fraction of sp³-hybridized carbons (Fsp3) is 0.370. The molecule has 192 valence electrons. The number of aromatic nitrogens is 4. The number of fused-ring (bicyclic) bond motifs is 2. The first-order chi connectivity index (χ1) is 18.0. The summed E-state index contributed by atoms with van der Waals surface area (Å²) in [7, 11) is 1.82. The van der Waals surface area contributed by atoms with Crippen molar-refractivity contribution < 1.29 is 19.7 Å². The number of anilines is 2. The predicted octanol–water partition coefficient (Wildman–Crippen LogP) is 3.10. The highest BCUT2D eigenvalue weighted by Crippen LogP contribution is 2.39. The number of hydrogen-bond acceptors (Lipinski definition) is 9. The number of hydrogen-bond donors (Lipinski definition) is 4. The van der Waals surface area contributed by atoms with Gasteiger partial charge in [-0.2, -0.15) is 5.10 Å². The number of aliphatic hydroxyl groups is 2. The van der Waals surface area contributed by atoms with Gasteiger partial charge in [-0.25, -0.2) is 14.5 Å². The highest BCUT2D eigenvalue weighted by atomic mass is 16.6. The third-order valence-electron chi connectivity index (χ3n) is 7.24. The van der Waals surface area contributed by atoms with Crippen molar-refractivity contribution in [1.82, 2.24) is 19.6 Å². The summed E-state index contributed by atoms with van der Waals surface area (Å²) in [6.07, 6.45) is 3.99. The Morgan fingerprint density at radius 2 is 2.03 bits per heavy atom. The molecule has 1 aromatic carbocycles. The van der Waals surface area contributed by atoms with Crippen molar-refractivity contribution in [2.45, 2.75) is 50.1 Å². The minimum atomic E-state index is -1.16.